The first-order valence-corrected chi connectivity index (χ1v) is 6.40. The summed E-state index contributed by atoms with van der Waals surface area (Å²) in [6.45, 7) is 4.55. The van der Waals surface area contributed by atoms with Gasteiger partial charge >= 0.3 is 0 Å². The van der Waals surface area contributed by atoms with Gasteiger partial charge in [0, 0.05) is 24.7 Å². The minimum absolute atomic E-state index is 0.134. The quantitative estimate of drug-likeness (QED) is 0.915. The number of hydrogen-bond donors (Lipinski definition) is 1. The van der Waals surface area contributed by atoms with E-state index in [4.69, 9.17) is 5.73 Å². The zero-order valence-corrected chi connectivity index (χ0v) is 11.6. The van der Waals surface area contributed by atoms with E-state index < -0.39 is 0 Å². The zero-order valence-electron chi connectivity index (χ0n) is 11.6. The molecule has 0 atom stereocenters. The van der Waals surface area contributed by atoms with E-state index >= 15 is 0 Å². The fourth-order valence-electron chi connectivity index (χ4n) is 2.00. The molecule has 2 rings (SSSR count). The van der Waals surface area contributed by atoms with E-state index in [0.29, 0.717) is 11.5 Å². The number of aryl methyl sites for hydroxylation is 1. The summed E-state index contributed by atoms with van der Waals surface area (Å²) >= 11 is 0. The lowest BCUT2D eigenvalue weighted by atomic mass is 10.0. The molecule has 0 bridgehead atoms. The normalized spacial score (nSPS) is 11.0. The summed E-state index contributed by atoms with van der Waals surface area (Å²) in [6, 6.07) is 10.0. The predicted molar refractivity (Wildman–Crippen MR) is 76.9 cm³/mol. The Hall–Kier alpha value is -1.94. The first-order chi connectivity index (χ1) is 9.02. The van der Waals surface area contributed by atoms with Crippen LogP contribution < -0.4 is 11.3 Å². The van der Waals surface area contributed by atoms with Gasteiger partial charge in [0.25, 0.3) is 5.56 Å². The number of aromatic nitrogens is 2. The van der Waals surface area contributed by atoms with Crippen molar-refractivity contribution in [3.05, 3.63) is 51.8 Å². The molecule has 0 aliphatic heterocycles. The molecule has 2 N–H and O–H groups in total. The number of nitrogens with zero attached hydrogens (tertiary/aromatic N) is 2. The van der Waals surface area contributed by atoms with Crippen LogP contribution in [-0.4, -0.2) is 9.78 Å². The van der Waals surface area contributed by atoms with Crippen LogP contribution in [0.1, 0.15) is 30.9 Å². The Morgan fingerprint density at radius 1 is 1.26 bits per heavy atom. The molecule has 2 aromatic rings. The van der Waals surface area contributed by atoms with Crippen LogP contribution >= 0.6 is 0 Å². The second-order valence-corrected chi connectivity index (χ2v) is 4.96. The molecular weight excluding hydrogens is 238 g/mol. The van der Waals surface area contributed by atoms with Crippen LogP contribution in [-0.2, 0) is 13.6 Å². The highest BCUT2D eigenvalue weighted by molar-refractivity contribution is 5.59. The van der Waals surface area contributed by atoms with Gasteiger partial charge in [-0.05, 0) is 17.5 Å². The lowest BCUT2D eigenvalue weighted by molar-refractivity contribution is 0.697. The molecule has 0 aliphatic carbocycles. The Morgan fingerprint density at radius 2 is 1.89 bits per heavy atom. The van der Waals surface area contributed by atoms with E-state index in [2.05, 4.69) is 31.1 Å². The van der Waals surface area contributed by atoms with Gasteiger partial charge in [-0.15, -0.1) is 0 Å². The second-order valence-electron chi connectivity index (χ2n) is 4.96. The summed E-state index contributed by atoms with van der Waals surface area (Å²) in [5.74, 6) is 0.502. The van der Waals surface area contributed by atoms with Crippen molar-refractivity contribution >= 4 is 0 Å². The third-order valence-corrected chi connectivity index (χ3v) is 3.23. The average Bonchev–Trinajstić information content (AvgIpc) is 2.41. The minimum atomic E-state index is -0.134. The summed E-state index contributed by atoms with van der Waals surface area (Å²) < 4.78 is 1.34. The second kappa shape index (κ2) is 5.36. The lowest BCUT2D eigenvalue weighted by Crippen LogP contribution is -2.25. The molecule has 0 fully saturated rings. The highest BCUT2D eigenvalue weighted by atomic mass is 16.1. The molecule has 0 radical (unpaired) electrons. The van der Waals surface area contributed by atoms with Crippen molar-refractivity contribution in [2.24, 2.45) is 12.8 Å². The van der Waals surface area contributed by atoms with Crippen LogP contribution in [0.5, 0.6) is 0 Å². The molecule has 100 valence electrons. The molecule has 0 aliphatic rings. The van der Waals surface area contributed by atoms with Crippen LogP contribution in [0.25, 0.3) is 11.3 Å². The van der Waals surface area contributed by atoms with Gasteiger partial charge in [0.2, 0.25) is 0 Å². The van der Waals surface area contributed by atoms with Gasteiger partial charge in [0.05, 0.1) is 5.69 Å². The number of nitrogens with two attached hydrogens (primary N) is 1. The molecule has 4 nitrogen and oxygen atoms in total. The van der Waals surface area contributed by atoms with Gasteiger partial charge < -0.3 is 5.73 Å². The number of rotatable bonds is 3. The van der Waals surface area contributed by atoms with E-state index in [1.54, 1.807) is 13.1 Å². The van der Waals surface area contributed by atoms with E-state index in [1.165, 1.54) is 10.2 Å². The molecular formula is C15H19N3O. The highest BCUT2D eigenvalue weighted by Gasteiger charge is 2.07. The monoisotopic (exact) mass is 257 g/mol. The summed E-state index contributed by atoms with van der Waals surface area (Å²) in [5.41, 5.74) is 9.09. The van der Waals surface area contributed by atoms with Gasteiger partial charge in [0.15, 0.2) is 0 Å². The van der Waals surface area contributed by atoms with E-state index in [1.807, 2.05) is 12.1 Å². The van der Waals surface area contributed by atoms with Crippen molar-refractivity contribution in [1.82, 2.24) is 9.78 Å². The van der Waals surface area contributed by atoms with Gasteiger partial charge in [-0.3, -0.25) is 4.79 Å². The number of hydrogen-bond acceptors (Lipinski definition) is 3. The Labute approximate surface area is 112 Å². The summed E-state index contributed by atoms with van der Waals surface area (Å²) in [4.78, 5) is 11.7. The van der Waals surface area contributed by atoms with Crippen molar-refractivity contribution < 1.29 is 0 Å². The first-order valence-electron chi connectivity index (χ1n) is 6.40. The van der Waals surface area contributed by atoms with E-state index in [9.17, 15) is 4.79 Å². The molecule has 1 heterocycles. The third kappa shape index (κ3) is 2.74. The largest absolute Gasteiger partial charge is 0.326 e. The fraction of sp³-hybridized carbons (Fsp3) is 0.333. The van der Waals surface area contributed by atoms with Crippen molar-refractivity contribution in [1.29, 1.82) is 0 Å². The minimum Gasteiger partial charge on any atom is -0.326 e. The van der Waals surface area contributed by atoms with Crippen LogP contribution in [0, 0.1) is 0 Å². The number of benzene rings is 1. The molecule has 1 aromatic carbocycles. The SMILES string of the molecule is CC(C)c1ccc(-c2cc(CN)c(=O)n(C)n2)cc1. The Kier molecular flexibility index (Phi) is 3.81. The third-order valence-electron chi connectivity index (χ3n) is 3.23. The standard InChI is InChI=1S/C15H19N3O/c1-10(2)11-4-6-12(7-5-11)14-8-13(9-16)15(19)18(3)17-14/h4-8,10H,9,16H2,1-3H3. The topological polar surface area (TPSA) is 60.9 Å². The molecule has 0 spiro atoms. The van der Waals surface area contributed by atoms with Crippen LogP contribution in [0.3, 0.4) is 0 Å². The average molecular weight is 257 g/mol. The van der Waals surface area contributed by atoms with Gasteiger partial charge in [-0.25, -0.2) is 4.68 Å². The summed E-state index contributed by atoms with van der Waals surface area (Å²) in [7, 11) is 1.65. The van der Waals surface area contributed by atoms with Gasteiger partial charge in [-0.1, -0.05) is 38.1 Å². The molecule has 0 amide bonds. The summed E-state index contributed by atoms with van der Waals surface area (Å²) in [5, 5.41) is 4.27. The molecule has 0 saturated carbocycles. The maximum atomic E-state index is 11.7. The first kappa shape index (κ1) is 13.5. The van der Waals surface area contributed by atoms with Gasteiger partial charge in [0.1, 0.15) is 0 Å². The fourth-order valence-corrected chi connectivity index (χ4v) is 2.00. The highest BCUT2D eigenvalue weighted by Crippen LogP contribution is 2.20. The smallest absolute Gasteiger partial charge is 0.271 e. The van der Waals surface area contributed by atoms with Crippen LogP contribution in [0.15, 0.2) is 35.1 Å². The molecule has 0 saturated heterocycles. The van der Waals surface area contributed by atoms with Crippen LogP contribution in [0.4, 0.5) is 0 Å². The predicted octanol–water partition coefficient (Wildman–Crippen LogP) is 2.03. The Morgan fingerprint density at radius 3 is 2.42 bits per heavy atom. The van der Waals surface area contributed by atoms with E-state index in [-0.39, 0.29) is 12.1 Å². The summed E-state index contributed by atoms with van der Waals surface area (Å²) in [6.07, 6.45) is 0. The lowest BCUT2D eigenvalue weighted by Gasteiger charge is -2.08. The molecule has 1 aromatic heterocycles. The molecule has 19 heavy (non-hydrogen) atoms. The van der Waals surface area contributed by atoms with Crippen molar-refractivity contribution in [3.63, 3.8) is 0 Å². The van der Waals surface area contributed by atoms with Gasteiger partial charge in [-0.2, -0.15) is 5.10 Å². The molecule has 0 unspecified atom stereocenters. The Balaban J connectivity index is 2.47. The van der Waals surface area contributed by atoms with Crippen molar-refractivity contribution in [2.45, 2.75) is 26.3 Å². The maximum absolute atomic E-state index is 11.7. The molecule has 4 heteroatoms. The Bertz CT molecular complexity index is 627. The zero-order chi connectivity index (χ0) is 14.0. The van der Waals surface area contributed by atoms with Crippen LogP contribution in [0.2, 0.25) is 0 Å². The van der Waals surface area contributed by atoms with Crippen molar-refractivity contribution in [2.75, 3.05) is 0 Å². The van der Waals surface area contributed by atoms with E-state index in [0.717, 1.165) is 11.3 Å². The van der Waals surface area contributed by atoms with Crippen molar-refractivity contribution in [3.8, 4) is 11.3 Å². The maximum Gasteiger partial charge on any atom is 0.271 e.